The van der Waals surface area contributed by atoms with Crippen molar-refractivity contribution in [1.82, 2.24) is 5.32 Å². The number of aliphatic carboxylic acids is 1. The van der Waals surface area contributed by atoms with E-state index in [-0.39, 0.29) is 17.4 Å². The summed E-state index contributed by atoms with van der Waals surface area (Å²) in [5.41, 5.74) is 1.11. The molecular formula is C22H33NO4. The normalized spacial score (nSPS) is 11.4. The summed E-state index contributed by atoms with van der Waals surface area (Å²) in [6.07, 6.45) is 12.2. The lowest BCUT2D eigenvalue weighted by Crippen LogP contribution is -2.26. The second-order valence-corrected chi connectivity index (χ2v) is 7.04. The minimum Gasteiger partial charge on any atom is -0.508 e. The van der Waals surface area contributed by atoms with E-state index in [1.54, 1.807) is 19.1 Å². The van der Waals surface area contributed by atoms with E-state index in [0.29, 0.717) is 17.5 Å². The van der Waals surface area contributed by atoms with Gasteiger partial charge in [0.1, 0.15) is 11.4 Å². The Kier molecular flexibility index (Phi) is 10.9. The molecule has 0 saturated heterocycles. The topological polar surface area (TPSA) is 86.6 Å². The van der Waals surface area contributed by atoms with Crippen molar-refractivity contribution in [3.05, 3.63) is 35.0 Å². The number of unbranched alkanes of at least 4 members (excludes halogenated alkanes) is 8. The summed E-state index contributed by atoms with van der Waals surface area (Å²) in [4.78, 5) is 23.4. The Bertz CT molecular complexity index is 637. The van der Waals surface area contributed by atoms with Crippen LogP contribution in [0.1, 0.15) is 82.3 Å². The lowest BCUT2D eigenvalue weighted by molar-refractivity contribution is -0.134. The molecule has 1 aromatic carbocycles. The van der Waals surface area contributed by atoms with Crippen LogP contribution in [-0.2, 0) is 9.59 Å². The monoisotopic (exact) mass is 375 g/mol. The van der Waals surface area contributed by atoms with E-state index >= 15 is 0 Å². The Morgan fingerprint density at radius 3 is 2.15 bits per heavy atom. The summed E-state index contributed by atoms with van der Waals surface area (Å²) in [7, 11) is 0. The lowest BCUT2D eigenvalue weighted by atomic mass is 10.1. The first-order valence-electron chi connectivity index (χ1n) is 9.98. The number of carboxylic acids is 1. The zero-order chi connectivity index (χ0) is 20.1. The van der Waals surface area contributed by atoms with Gasteiger partial charge >= 0.3 is 5.97 Å². The van der Waals surface area contributed by atoms with Crippen molar-refractivity contribution in [1.29, 1.82) is 0 Å². The molecule has 0 spiro atoms. The third-order valence-electron chi connectivity index (χ3n) is 4.54. The van der Waals surface area contributed by atoms with Gasteiger partial charge < -0.3 is 15.5 Å². The zero-order valence-electron chi connectivity index (χ0n) is 16.6. The molecule has 150 valence electrons. The van der Waals surface area contributed by atoms with Gasteiger partial charge in [-0.15, -0.1) is 0 Å². The lowest BCUT2D eigenvalue weighted by Gasteiger charge is -2.07. The number of carbonyl (C=O) groups is 2. The highest BCUT2D eigenvalue weighted by Gasteiger charge is 2.12. The Balaban J connectivity index is 2.36. The predicted molar refractivity (Wildman–Crippen MR) is 108 cm³/mol. The molecule has 0 aliphatic rings. The second-order valence-electron chi connectivity index (χ2n) is 7.04. The molecule has 0 radical (unpaired) electrons. The number of rotatable bonds is 13. The predicted octanol–water partition coefficient (Wildman–Crippen LogP) is 5.16. The van der Waals surface area contributed by atoms with Gasteiger partial charge in [0.2, 0.25) is 5.91 Å². The molecular weight excluding hydrogens is 342 g/mol. The van der Waals surface area contributed by atoms with Crippen molar-refractivity contribution in [3.8, 4) is 5.75 Å². The Labute approximate surface area is 162 Å². The quantitative estimate of drug-likeness (QED) is 0.328. The molecule has 0 bridgehead atoms. The van der Waals surface area contributed by atoms with Crippen molar-refractivity contribution in [3.63, 3.8) is 0 Å². The molecule has 1 aromatic rings. The molecule has 0 saturated carbocycles. The van der Waals surface area contributed by atoms with Crippen molar-refractivity contribution >= 4 is 18.0 Å². The van der Waals surface area contributed by atoms with Crippen LogP contribution in [-0.4, -0.2) is 22.1 Å². The number of carbonyl (C=O) groups excluding carboxylic acids is 1. The molecule has 0 aliphatic carbocycles. The maximum atomic E-state index is 12.0. The first kappa shape index (κ1) is 22.7. The number of hydrogen-bond acceptors (Lipinski definition) is 3. The number of benzene rings is 1. The number of hydrogen-bond donors (Lipinski definition) is 3. The summed E-state index contributed by atoms with van der Waals surface area (Å²) in [5, 5.41) is 21.3. The first-order chi connectivity index (χ1) is 12.9. The van der Waals surface area contributed by atoms with E-state index in [1.165, 1.54) is 50.7 Å². The fourth-order valence-corrected chi connectivity index (χ4v) is 2.90. The fourth-order valence-electron chi connectivity index (χ4n) is 2.90. The third kappa shape index (κ3) is 9.83. The minimum absolute atomic E-state index is 0.151. The van der Waals surface area contributed by atoms with Crippen LogP contribution in [0.4, 0.5) is 0 Å². The average Bonchev–Trinajstić information content (AvgIpc) is 2.62. The molecule has 0 unspecified atom stereocenters. The van der Waals surface area contributed by atoms with E-state index in [9.17, 15) is 19.8 Å². The number of carboxylic acid groups (broad SMARTS) is 1. The zero-order valence-corrected chi connectivity index (χ0v) is 16.6. The maximum absolute atomic E-state index is 12.0. The fraction of sp³-hybridized carbons (Fsp3) is 0.545. The molecule has 1 rings (SSSR count). The first-order valence-corrected chi connectivity index (χ1v) is 9.98. The highest BCUT2D eigenvalue weighted by Crippen LogP contribution is 2.18. The SMILES string of the molecule is CCCCCCCCCCCC(=O)N/C(=C\c1ccc(O)c(C)c1)C(=O)O. The van der Waals surface area contributed by atoms with Crippen LogP contribution in [0.5, 0.6) is 5.75 Å². The summed E-state index contributed by atoms with van der Waals surface area (Å²) in [5.74, 6) is -1.30. The van der Waals surface area contributed by atoms with Crippen LogP contribution in [0.3, 0.4) is 0 Å². The summed E-state index contributed by atoms with van der Waals surface area (Å²) in [6.45, 7) is 3.94. The van der Waals surface area contributed by atoms with Gasteiger partial charge in [-0.05, 0) is 42.7 Å². The van der Waals surface area contributed by atoms with Crippen molar-refractivity contribution in [2.75, 3.05) is 0 Å². The molecule has 0 heterocycles. The average molecular weight is 376 g/mol. The minimum atomic E-state index is -1.18. The van der Waals surface area contributed by atoms with Gasteiger partial charge in [-0.1, -0.05) is 64.4 Å². The second kappa shape index (κ2) is 13.0. The standard InChI is InChI=1S/C22H33NO4/c1-3-4-5-6-7-8-9-10-11-12-21(25)23-19(22(26)27)16-18-13-14-20(24)17(2)15-18/h13-16,24H,3-12H2,1-2H3,(H,23,25)(H,26,27)/b19-16-. The van der Waals surface area contributed by atoms with Crippen LogP contribution >= 0.6 is 0 Å². The van der Waals surface area contributed by atoms with Gasteiger partial charge in [0.15, 0.2) is 0 Å². The van der Waals surface area contributed by atoms with Crippen LogP contribution in [0, 0.1) is 6.92 Å². The summed E-state index contributed by atoms with van der Waals surface area (Å²) in [6, 6.07) is 4.79. The van der Waals surface area contributed by atoms with Crippen LogP contribution in [0.15, 0.2) is 23.9 Å². The van der Waals surface area contributed by atoms with Crippen molar-refractivity contribution < 1.29 is 19.8 Å². The molecule has 3 N–H and O–H groups in total. The molecule has 0 fully saturated rings. The molecule has 0 atom stereocenters. The van der Waals surface area contributed by atoms with Crippen molar-refractivity contribution in [2.45, 2.75) is 78.1 Å². The van der Waals surface area contributed by atoms with Gasteiger partial charge in [-0.25, -0.2) is 4.79 Å². The van der Waals surface area contributed by atoms with E-state index in [2.05, 4.69) is 12.2 Å². The van der Waals surface area contributed by atoms with Gasteiger partial charge in [-0.3, -0.25) is 4.79 Å². The smallest absolute Gasteiger partial charge is 0.352 e. The number of amides is 1. The van der Waals surface area contributed by atoms with Gasteiger partial charge in [0, 0.05) is 6.42 Å². The molecule has 0 aromatic heterocycles. The number of aromatic hydroxyl groups is 1. The van der Waals surface area contributed by atoms with E-state index in [4.69, 9.17) is 0 Å². The van der Waals surface area contributed by atoms with Gasteiger partial charge in [0.25, 0.3) is 0 Å². The highest BCUT2D eigenvalue weighted by molar-refractivity contribution is 5.96. The molecule has 5 nitrogen and oxygen atoms in total. The van der Waals surface area contributed by atoms with E-state index < -0.39 is 5.97 Å². The van der Waals surface area contributed by atoms with Crippen LogP contribution in [0.2, 0.25) is 0 Å². The molecule has 0 aliphatic heterocycles. The highest BCUT2D eigenvalue weighted by atomic mass is 16.4. The molecule has 1 amide bonds. The van der Waals surface area contributed by atoms with Crippen LogP contribution < -0.4 is 5.32 Å². The number of aryl methyl sites for hydroxylation is 1. The largest absolute Gasteiger partial charge is 0.508 e. The van der Waals surface area contributed by atoms with Crippen molar-refractivity contribution in [2.24, 2.45) is 0 Å². The van der Waals surface area contributed by atoms with Gasteiger partial charge in [-0.2, -0.15) is 0 Å². The molecule has 27 heavy (non-hydrogen) atoms. The number of phenols is 1. The number of nitrogens with one attached hydrogen (secondary N) is 1. The Morgan fingerprint density at radius 1 is 1.00 bits per heavy atom. The summed E-state index contributed by atoms with van der Waals surface area (Å²) >= 11 is 0. The Hall–Kier alpha value is -2.30. The third-order valence-corrected chi connectivity index (χ3v) is 4.54. The number of phenolic OH excluding ortho intramolecular Hbond substituents is 1. The van der Waals surface area contributed by atoms with E-state index in [0.717, 1.165) is 19.3 Å². The maximum Gasteiger partial charge on any atom is 0.352 e. The van der Waals surface area contributed by atoms with Gasteiger partial charge in [0.05, 0.1) is 0 Å². The van der Waals surface area contributed by atoms with Crippen LogP contribution in [0.25, 0.3) is 6.08 Å². The Morgan fingerprint density at radius 2 is 1.59 bits per heavy atom. The summed E-state index contributed by atoms with van der Waals surface area (Å²) < 4.78 is 0. The molecule has 5 heteroatoms. The van der Waals surface area contributed by atoms with E-state index in [1.807, 2.05) is 0 Å².